The summed E-state index contributed by atoms with van der Waals surface area (Å²) in [6, 6.07) is 0. The molecule has 2 fully saturated rings. The topological polar surface area (TPSA) is 148 Å². The Morgan fingerprint density at radius 2 is 1.92 bits per heavy atom. The van der Waals surface area contributed by atoms with Crippen LogP contribution in [0.4, 0.5) is 5.82 Å². The Balaban J connectivity index is 1.40. The zero-order valence-corrected chi connectivity index (χ0v) is 22.5. The smallest absolute Gasteiger partial charge is 0.251 e. The molecule has 0 spiro atoms. The molecule has 11 heteroatoms. The zero-order valence-electron chi connectivity index (χ0n) is 22.5. The molecule has 2 aliphatic rings. The number of carbonyl (C=O) groups is 2. The molecular weight excluding hydrogens is 486 g/mol. The number of likely N-dealkylation sites (N-methyl/N-ethyl adjacent to an activating group) is 1. The fourth-order valence-electron chi connectivity index (χ4n) is 5.29. The SMILES string of the molecule is CCNC(=O)[C@@H](O[C@H](C)n1cnc2c(N)nc(C#CCC3CCC(C(=O)N4CCCC4)CC3)nc21)C(C)O. The lowest BCUT2D eigenvalue weighted by Gasteiger charge is -2.29. The fraction of sp³-hybridized carbons (Fsp3) is 0.667. The largest absolute Gasteiger partial charge is 0.390 e. The lowest BCUT2D eigenvalue weighted by atomic mass is 9.80. The maximum Gasteiger partial charge on any atom is 0.251 e. The van der Waals surface area contributed by atoms with Crippen LogP contribution in [0.5, 0.6) is 0 Å². The Kier molecular flexibility index (Phi) is 9.17. The van der Waals surface area contributed by atoms with Gasteiger partial charge in [0.25, 0.3) is 5.91 Å². The molecule has 2 aromatic rings. The zero-order chi connectivity index (χ0) is 27.2. The van der Waals surface area contributed by atoms with Gasteiger partial charge >= 0.3 is 0 Å². The summed E-state index contributed by atoms with van der Waals surface area (Å²) < 4.78 is 7.52. The van der Waals surface area contributed by atoms with Gasteiger partial charge in [0.2, 0.25) is 11.7 Å². The van der Waals surface area contributed by atoms with Gasteiger partial charge < -0.3 is 25.8 Å². The Bertz CT molecular complexity index is 1190. The second-order valence-corrected chi connectivity index (χ2v) is 10.3. The molecule has 3 atom stereocenters. The minimum absolute atomic E-state index is 0.161. The maximum atomic E-state index is 12.7. The van der Waals surface area contributed by atoms with Crippen LogP contribution in [0.15, 0.2) is 6.33 Å². The van der Waals surface area contributed by atoms with Gasteiger partial charge in [0.05, 0.1) is 12.4 Å². The number of nitrogens with one attached hydrogen (secondary N) is 1. The molecule has 3 heterocycles. The third kappa shape index (κ3) is 6.42. The minimum Gasteiger partial charge on any atom is -0.390 e. The number of nitrogens with two attached hydrogens (primary N) is 1. The summed E-state index contributed by atoms with van der Waals surface area (Å²) >= 11 is 0. The van der Waals surface area contributed by atoms with Crippen LogP contribution in [0.25, 0.3) is 11.2 Å². The number of anilines is 1. The van der Waals surface area contributed by atoms with Crippen LogP contribution < -0.4 is 11.1 Å². The molecule has 38 heavy (non-hydrogen) atoms. The van der Waals surface area contributed by atoms with E-state index >= 15 is 0 Å². The molecule has 206 valence electrons. The van der Waals surface area contributed by atoms with E-state index in [2.05, 4.69) is 32.1 Å². The number of aliphatic hydroxyl groups excluding tert-OH is 1. The molecule has 1 saturated carbocycles. The third-order valence-corrected chi connectivity index (χ3v) is 7.44. The van der Waals surface area contributed by atoms with Gasteiger partial charge in [-0.05, 0) is 71.1 Å². The van der Waals surface area contributed by atoms with E-state index < -0.39 is 24.3 Å². The number of rotatable bonds is 8. The normalized spacial score (nSPS) is 21.9. The standard InChI is InChI=1S/C27H39N7O4/c1-4-29-26(36)23(17(2)35)38-18(3)34-16-30-22-24(28)31-21(32-25(22)34)9-7-8-19-10-12-20(13-11-19)27(37)33-14-5-6-15-33/h16-20,23,35H,4-6,8,10-15H2,1-3H3,(H,29,36)(H2,28,31,32)/t17?,18-,19?,20?,23+/m1/s1. The maximum absolute atomic E-state index is 12.7. The van der Waals surface area contributed by atoms with Crippen molar-refractivity contribution in [2.24, 2.45) is 11.8 Å². The lowest BCUT2D eigenvalue weighted by Crippen LogP contribution is -2.43. The van der Waals surface area contributed by atoms with Crippen molar-refractivity contribution in [1.29, 1.82) is 0 Å². The first-order valence-electron chi connectivity index (χ1n) is 13.7. The number of hydrogen-bond acceptors (Lipinski definition) is 8. The van der Waals surface area contributed by atoms with Crippen molar-refractivity contribution in [3.8, 4) is 11.8 Å². The van der Waals surface area contributed by atoms with Crippen molar-refractivity contribution in [2.45, 2.75) is 84.2 Å². The molecule has 11 nitrogen and oxygen atoms in total. The van der Waals surface area contributed by atoms with Gasteiger partial charge in [0.1, 0.15) is 11.7 Å². The number of amides is 2. The van der Waals surface area contributed by atoms with Crippen LogP contribution >= 0.6 is 0 Å². The van der Waals surface area contributed by atoms with Crippen LogP contribution in [-0.2, 0) is 14.3 Å². The minimum atomic E-state index is -1.05. The first kappa shape index (κ1) is 27.8. The number of aromatic nitrogens is 4. The highest BCUT2D eigenvalue weighted by Crippen LogP contribution is 2.32. The second-order valence-electron chi connectivity index (χ2n) is 10.3. The summed E-state index contributed by atoms with van der Waals surface area (Å²) in [5.74, 6) is 7.31. The fourth-order valence-corrected chi connectivity index (χ4v) is 5.29. The number of imidazole rings is 1. The highest BCUT2D eigenvalue weighted by atomic mass is 16.5. The lowest BCUT2D eigenvalue weighted by molar-refractivity contribution is -0.150. The summed E-state index contributed by atoms with van der Waals surface area (Å²) in [4.78, 5) is 40.2. The number of nitrogens with zero attached hydrogens (tertiary/aromatic N) is 5. The molecule has 0 radical (unpaired) electrons. The number of hydrogen-bond donors (Lipinski definition) is 3. The van der Waals surface area contributed by atoms with E-state index in [1.165, 1.54) is 13.3 Å². The van der Waals surface area contributed by atoms with E-state index in [9.17, 15) is 14.7 Å². The molecule has 4 rings (SSSR count). The van der Waals surface area contributed by atoms with Crippen molar-refractivity contribution in [3.63, 3.8) is 0 Å². The molecule has 2 amide bonds. The Hall–Kier alpha value is -3.23. The molecule has 1 aliphatic carbocycles. The Labute approximate surface area is 223 Å². The molecule has 1 saturated heterocycles. The average molecular weight is 526 g/mol. The van der Waals surface area contributed by atoms with E-state index in [1.807, 2.05) is 4.90 Å². The molecular formula is C27H39N7O4. The number of aliphatic hydroxyl groups is 1. The van der Waals surface area contributed by atoms with E-state index in [-0.39, 0.29) is 17.6 Å². The molecule has 0 aromatic carbocycles. The number of likely N-dealkylation sites (tertiary alicyclic amines) is 1. The van der Waals surface area contributed by atoms with Gasteiger partial charge in [-0.2, -0.15) is 0 Å². The number of nitrogen functional groups attached to an aromatic ring is 1. The summed E-state index contributed by atoms with van der Waals surface area (Å²) in [6.45, 7) is 7.30. The van der Waals surface area contributed by atoms with Crippen LogP contribution in [-0.4, -0.2) is 73.2 Å². The first-order chi connectivity index (χ1) is 18.3. The molecule has 0 bridgehead atoms. The average Bonchev–Trinajstić information content (AvgIpc) is 3.58. The summed E-state index contributed by atoms with van der Waals surface area (Å²) in [5.41, 5.74) is 7.00. The monoisotopic (exact) mass is 525 g/mol. The highest BCUT2D eigenvalue weighted by Gasteiger charge is 2.30. The van der Waals surface area contributed by atoms with Gasteiger partial charge in [-0.25, -0.2) is 15.0 Å². The van der Waals surface area contributed by atoms with Crippen molar-refractivity contribution in [3.05, 3.63) is 12.2 Å². The number of fused-ring (bicyclic) bond motifs is 1. The van der Waals surface area contributed by atoms with Gasteiger partial charge in [0, 0.05) is 32.0 Å². The van der Waals surface area contributed by atoms with Crippen LogP contribution in [0.1, 0.15) is 77.8 Å². The van der Waals surface area contributed by atoms with E-state index in [0.29, 0.717) is 36.0 Å². The summed E-state index contributed by atoms with van der Waals surface area (Å²) in [5, 5.41) is 12.7. The van der Waals surface area contributed by atoms with Crippen LogP contribution in [0.3, 0.4) is 0 Å². The second kappa shape index (κ2) is 12.5. The van der Waals surface area contributed by atoms with Crippen molar-refractivity contribution >= 4 is 28.8 Å². The molecule has 4 N–H and O–H groups in total. The first-order valence-corrected chi connectivity index (χ1v) is 13.7. The van der Waals surface area contributed by atoms with Crippen molar-refractivity contribution < 1.29 is 19.4 Å². The highest BCUT2D eigenvalue weighted by molar-refractivity contribution is 5.82. The number of carbonyl (C=O) groups excluding carboxylic acids is 2. The van der Waals surface area contributed by atoms with Gasteiger partial charge in [0.15, 0.2) is 17.6 Å². The third-order valence-electron chi connectivity index (χ3n) is 7.44. The summed E-state index contributed by atoms with van der Waals surface area (Å²) in [7, 11) is 0. The quantitative estimate of drug-likeness (QED) is 0.443. The van der Waals surface area contributed by atoms with Crippen LogP contribution in [0, 0.1) is 23.7 Å². The molecule has 1 aliphatic heterocycles. The van der Waals surface area contributed by atoms with Crippen molar-refractivity contribution in [2.75, 3.05) is 25.4 Å². The van der Waals surface area contributed by atoms with Gasteiger partial charge in [-0.15, -0.1) is 0 Å². The van der Waals surface area contributed by atoms with Crippen LogP contribution in [0.2, 0.25) is 0 Å². The number of ether oxygens (including phenoxy) is 1. The van der Waals surface area contributed by atoms with Gasteiger partial charge in [-0.1, -0.05) is 5.92 Å². The predicted molar refractivity (Wildman–Crippen MR) is 142 cm³/mol. The Morgan fingerprint density at radius 3 is 2.58 bits per heavy atom. The Morgan fingerprint density at radius 1 is 1.21 bits per heavy atom. The van der Waals surface area contributed by atoms with E-state index in [0.717, 1.165) is 51.6 Å². The van der Waals surface area contributed by atoms with E-state index in [1.54, 1.807) is 18.4 Å². The van der Waals surface area contributed by atoms with E-state index in [4.69, 9.17) is 10.5 Å². The summed E-state index contributed by atoms with van der Waals surface area (Å²) in [6.07, 6.45) is 5.63. The molecule has 1 unspecified atom stereocenters. The van der Waals surface area contributed by atoms with Gasteiger partial charge in [-0.3, -0.25) is 14.2 Å². The van der Waals surface area contributed by atoms with Crippen molar-refractivity contribution in [1.82, 2.24) is 29.7 Å². The predicted octanol–water partition coefficient (Wildman–Crippen LogP) is 2.00. The molecule has 2 aromatic heterocycles.